The molecule has 0 aromatic carbocycles. The Bertz CT molecular complexity index is 1090. The Hall–Kier alpha value is -2.23. The molecule has 2 aliphatic heterocycles. The molecular weight excluding hydrogens is 523 g/mol. The topological polar surface area (TPSA) is 126 Å². The molecule has 1 saturated heterocycles. The number of carbonyl (C=O) groups is 1. The number of hydrogen-bond acceptors (Lipinski definition) is 10. The second-order valence-corrected chi connectivity index (χ2v) is 12.1. The standard InChI is InChI=1S/C22H32F3N3O8S/c1-20(2,3)14-9-28(19(29)34-21(4,5)6)10-15-17(14)18(35-37(30,31)36-22(23,24)25)27-16(26-15)12-33-13-7-8-32-11-13/h13-14H,7-12H2,1-6H3/t13?,14-/m1/s1. The van der Waals surface area contributed by atoms with Crippen molar-refractivity contribution in [1.29, 1.82) is 0 Å². The second-order valence-electron chi connectivity index (χ2n) is 10.9. The number of rotatable bonds is 6. The Morgan fingerprint density at radius 1 is 1.14 bits per heavy atom. The maximum atomic E-state index is 12.9. The molecule has 1 unspecified atom stereocenters. The average molecular weight is 556 g/mol. The molecule has 0 bridgehead atoms. The summed E-state index contributed by atoms with van der Waals surface area (Å²) < 4.78 is 86.7. The first-order valence-corrected chi connectivity index (χ1v) is 12.9. The van der Waals surface area contributed by atoms with Crippen LogP contribution >= 0.6 is 0 Å². The van der Waals surface area contributed by atoms with Crippen molar-refractivity contribution in [2.75, 3.05) is 19.8 Å². The molecule has 2 aliphatic rings. The molecule has 1 aromatic rings. The first kappa shape index (κ1) is 29.3. The number of aromatic nitrogens is 2. The van der Waals surface area contributed by atoms with Crippen LogP contribution in [0.4, 0.5) is 18.0 Å². The van der Waals surface area contributed by atoms with Crippen LogP contribution in [0.15, 0.2) is 0 Å². The Morgan fingerprint density at radius 2 is 1.81 bits per heavy atom. The van der Waals surface area contributed by atoms with Gasteiger partial charge in [0.25, 0.3) is 0 Å². The summed E-state index contributed by atoms with van der Waals surface area (Å²) in [5, 5.41) is 0. The van der Waals surface area contributed by atoms with Gasteiger partial charge in [0.05, 0.1) is 24.9 Å². The van der Waals surface area contributed by atoms with E-state index in [9.17, 15) is 26.4 Å². The molecule has 0 N–H and O–H groups in total. The number of halogens is 3. The van der Waals surface area contributed by atoms with Crippen LogP contribution in [0.1, 0.15) is 71.0 Å². The smallest absolute Gasteiger partial charge is 0.444 e. The fraction of sp³-hybridized carbons (Fsp3) is 0.773. The fourth-order valence-corrected chi connectivity index (χ4v) is 4.52. The van der Waals surface area contributed by atoms with Gasteiger partial charge in [-0.1, -0.05) is 20.8 Å². The average Bonchev–Trinajstić information content (AvgIpc) is 3.20. The van der Waals surface area contributed by atoms with Gasteiger partial charge < -0.3 is 23.3 Å². The van der Waals surface area contributed by atoms with Gasteiger partial charge in [0.1, 0.15) is 12.2 Å². The highest BCUT2D eigenvalue weighted by Crippen LogP contribution is 2.44. The molecule has 3 heterocycles. The monoisotopic (exact) mass is 555 g/mol. The zero-order valence-electron chi connectivity index (χ0n) is 21.5. The molecule has 2 atom stereocenters. The van der Waals surface area contributed by atoms with E-state index in [4.69, 9.17) is 18.4 Å². The summed E-state index contributed by atoms with van der Waals surface area (Å²) in [7, 11) is -5.58. The van der Waals surface area contributed by atoms with E-state index < -0.39 is 45.7 Å². The summed E-state index contributed by atoms with van der Waals surface area (Å²) in [5.41, 5.74) is -1.04. The van der Waals surface area contributed by atoms with E-state index in [0.29, 0.717) is 19.6 Å². The van der Waals surface area contributed by atoms with Crippen LogP contribution < -0.4 is 4.18 Å². The predicted octanol–water partition coefficient (Wildman–Crippen LogP) is 3.82. The van der Waals surface area contributed by atoms with Crippen molar-refractivity contribution in [3.05, 3.63) is 17.1 Å². The van der Waals surface area contributed by atoms with Gasteiger partial charge in [-0.05, 0) is 32.6 Å². The molecule has 11 nitrogen and oxygen atoms in total. The Balaban J connectivity index is 2.05. The third-order valence-corrected chi connectivity index (χ3v) is 6.29. The van der Waals surface area contributed by atoms with Crippen molar-refractivity contribution in [2.24, 2.45) is 5.41 Å². The van der Waals surface area contributed by atoms with Gasteiger partial charge >= 0.3 is 22.9 Å². The Kier molecular flexibility index (Phi) is 8.32. The minimum Gasteiger partial charge on any atom is -0.444 e. The van der Waals surface area contributed by atoms with E-state index in [0.717, 1.165) is 0 Å². The zero-order valence-corrected chi connectivity index (χ0v) is 22.4. The van der Waals surface area contributed by atoms with Crippen molar-refractivity contribution in [3.63, 3.8) is 0 Å². The van der Waals surface area contributed by atoms with Crippen molar-refractivity contribution in [1.82, 2.24) is 14.9 Å². The van der Waals surface area contributed by atoms with Crippen LogP contribution in [0.5, 0.6) is 5.88 Å². The van der Waals surface area contributed by atoms with E-state index in [1.165, 1.54) is 4.90 Å². The maximum absolute atomic E-state index is 12.9. The van der Waals surface area contributed by atoms with Crippen LogP contribution in [0, 0.1) is 5.41 Å². The Labute approximate surface area is 213 Å². The highest BCUT2D eigenvalue weighted by molar-refractivity contribution is 7.82. The number of alkyl halides is 3. The third-order valence-electron chi connectivity index (χ3n) is 5.54. The lowest BCUT2D eigenvalue weighted by molar-refractivity contribution is -0.274. The maximum Gasteiger partial charge on any atom is 0.539 e. The van der Waals surface area contributed by atoms with Gasteiger partial charge in [-0.15, -0.1) is 17.4 Å². The van der Waals surface area contributed by atoms with Gasteiger partial charge in [-0.3, -0.25) is 0 Å². The van der Waals surface area contributed by atoms with E-state index in [-0.39, 0.29) is 42.9 Å². The zero-order chi connectivity index (χ0) is 27.8. The molecule has 0 saturated carbocycles. The summed E-state index contributed by atoms with van der Waals surface area (Å²) in [4.78, 5) is 22.9. The summed E-state index contributed by atoms with van der Waals surface area (Å²) in [6.45, 7) is 11.2. The predicted molar refractivity (Wildman–Crippen MR) is 122 cm³/mol. The quantitative estimate of drug-likeness (QED) is 0.511. The molecule has 1 aromatic heterocycles. The SMILES string of the molecule is CC(C)(C)OC(=O)N1Cc2nc(COC3CCOC3)nc(OS(=O)(=O)OC(F)(F)F)c2[C@H](C(C)(C)C)C1. The van der Waals surface area contributed by atoms with Crippen LogP contribution in [0.2, 0.25) is 0 Å². The molecule has 15 heteroatoms. The normalized spacial score (nSPS) is 21.1. The summed E-state index contributed by atoms with van der Waals surface area (Å²) in [6.07, 6.45) is -5.75. The van der Waals surface area contributed by atoms with Crippen molar-refractivity contribution in [2.45, 2.75) is 85.1 Å². The lowest BCUT2D eigenvalue weighted by Gasteiger charge is -2.41. The number of fused-ring (bicyclic) bond motifs is 1. The summed E-state index contributed by atoms with van der Waals surface area (Å²) in [6, 6.07) is 0. The van der Waals surface area contributed by atoms with Gasteiger partial charge in [0.2, 0.25) is 5.88 Å². The van der Waals surface area contributed by atoms with Crippen molar-refractivity contribution >= 4 is 16.5 Å². The molecule has 0 radical (unpaired) electrons. The van der Waals surface area contributed by atoms with E-state index in [1.54, 1.807) is 20.8 Å². The largest absolute Gasteiger partial charge is 0.539 e. The van der Waals surface area contributed by atoms with E-state index in [2.05, 4.69) is 14.2 Å². The highest BCUT2D eigenvalue weighted by atomic mass is 32.3. The molecule has 37 heavy (non-hydrogen) atoms. The summed E-state index contributed by atoms with van der Waals surface area (Å²) >= 11 is 0. The van der Waals surface area contributed by atoms with Crippen molar-refractivity contribution < 1.29 is 49.0 Å². The number of nitrogens with zero attached hydrogens (tertiary/aromatic N) is 3. The molecule has 210 valence electrons. The fourth-order valence-electron chi connectivity index (χ4n) is 3.94. The van der Waals surface area contributed by atoms with Crippen LogP contribution in [0.25, 0.3) is 0 Å². The molecule has 1 fully saturated rings. The van der Waals surface area contributed by atoms with Crippen molar-refractivity contribution in [3.8, 4) is 5.88 Å². The number of amides is 1. The first-order valence-electron chi connectivity index (χ1n) is 11.6. The molecule has 0 aliphatic carbocycles. The number of ether oxygens (including phenoxy) is 3. The minimum atomic E-state index is -5.58. The van der Waals surface area contributed by atoms with E-state index >= 15 is 0 Å². The number of hydrogen-bond donors (Lipinski definition) is 0. The minimum absolute atomic E-state index is 0.0402. The lowest BCUT2D eigenvalue weighted by Crippen LogP contribution is -2.45. The van der Waals surface area contributed by atoms with Crippen LogP contribution in [0.3, 0.4) is 0 Å². The molecular formula is C22H32F3N3O8S. The van der Waals surface area contributed by atoms with E-state index in [1.807, 2.05) is 20.8 Å². The lowest BCUT2D eigenvalue weighted by atomic mass is 9.74. The first-order chi connectivity index (χ1) is 16.8. The molecule has 1 amide bonds. The third kappa shape index (κ3) is 8.38. The second kappa shape index (κ2) is 10.5. The highest BCUT2D eigenvalue weighted by Gasteiger charge is 2.43. The Morgan fingerprint density at radius 3 is 2.35 bits per heavy atom. The van der Waals surface area contributed by atoms with Crippen LogP contribution in [-0.4, -0.2) is 67.2 Å². The van der Waals surface area contributed by atoms with Gasteiger partial charge in [0.15, 0.2) is 5.82 Å². The van der Waals surface area contributed by atoms with Gasteiger partial charge in [-0.2, -0.15) is 13.4 Å². The molecule has 0 spiro atoms. The molecule has 3 rings (SSSR count). The number of carbonyl (C=O) groups excluding carboxylic acids is 1. The van der Waals surface area contributed by atoms with Gasteiger partial charge in [0, 0.05) is 24.6 Å². The summed E-state index contributed by atoms with van der Waals surface area (Å²) in [5.74, 6) is -1.28. The van der Waals surface area contributed by atoms with Gasteiger partial charge in [-0.25, -0.2) is 9.78 Å². The van der Waals surface area contributed by atoms with Crippen LogP contribution in [-0.2, 0) is 41.9 Å².